The largest absolute Gasteiger partial charge is 0.399 e. The second-order valence-corrected chi connectivity index (χ2v) is 3.46. The van der Waals surface area contributed by atoms with Crippen molar-refractivity contribution in [3.05, 3.63) is 0 Å². The molecular formula is C7H10ClF2NO. The molecule has 1 rings (SSSR count). The van der Waals surface area contributed by atoms with E-state index in [0.717, 1.165) is 12.8 Å². The second kappa shape index (κ2) is 3.17. The van der Waals surface area contributed by atoms with E-state index in [1.54, 1.807) is 0 Å². The lowest BCUT2D eigenvalue weighted by molar-refractivity contribution is -0.135. The Kier molecular flexibility index (Phi) is 2.56. The fraction of sp³-hybridized carbons (Fsp3) is 0.857. The Morgan fingerprint density at radius 3 is 2.67 bits per heavy atom. The molecule has 0 aromatic carbocycles. The van der Waals surface area contributed by atoms with Gasteiger partial charge in [-0.2, -0.15) is 8.78 Å². The first-order valence-corrected chi connectivity index (χ1v) is 4.20. The van der Waals surface area contributed by atoms with Crippen LogP contribution in [-0.4, -0.2) is 17.3 Å². The van der Waals surface area contributed by atoms with E-state index in [-0.39, 0.29) is 6.04 Å². The molecule has 1 N–H and O–H groups in total. The van der Waals surface area contributed by atoms with E-state index < -0.39 is 11.3 Å². The SMILES string of the molecule is CC[C@@H]1C[C@H]1NC(=O)C(F)(F)Cl. The third-order valence-electron chi connectivity index (χ3n) is 2.02. The predicted molar refractivity (Wildman–Crippen MR) is 41.1 cm³/mol. The number of carbonyl (C=O) groups is 1. The molecule has 0 aromatic rings. The van der Waals surface area contributed by atoms with Crippen molar-refractivity contribution in [2.24, 2.45) is 5.92 Å². The van der Waals surface area contributed by atoms with Gasteiger partial charge < -0.3 is 5.32 Å². The van der Waals surface area contributed by atoms with Crippen LogP contribution >= 0.6 is 11.6 Å². The van der Waals surface area contributed by atoms with Gasteiger partial charge in [-0.25, -0.2) is 0 Å². The average Bonchev–Trinajstić information content (AvgIpc) is 2.65. The van der Waals surface area contributed by atoms with Gasteiger partial charge in [0.15, 0.2) is 0 Å². The number of carbonyl (C=O) groups excluding carboxylic acids is 1. The van der Waals surface area contributed by atoms with Gasteiger partial charge in [0.05, 0.1) is 0 Å². The molecule has 2 nitrogen and oxygen atoms in total. The van der Waals surface area contributed by atoms with Gasteiger partial charge in [-0.05, 0) is 23.9 Å². The minimum absolute atomic E-state index is 0.0906. The van der Waals surface area contributed by atoms with E-state index in [0.29, 0.717) is 5.92 Å². The number of halogens is 3. The number of hydrogen-bond acceptors (Lipinski definition) is 1. The van der Waals surface area contributed by atoms with Crippen LogP contribution in [0.4, 0.5) is 8.78 Å². The molecule has 1 aliphatic carbocycles. The number of amides is 1. The van der Waals surface area contributed by atoms with Gasteiger partial charge in [0.25, 0.3) is 0 Å². The average molecular weight is 198 g/mol. The molecule has 0 radical (unpaired) electrons. The van der Waals surface area contributed by atoms with E-state index in [2.05, 4.69) is 16.9 Å². The van der Waals surface area contributed by atoms with Crippen LogP contribution in [0.5, 0.6) is 0 Å². The number of nitrogens with one attached hydrogen (secondary N) is 1. The van der Waals surface area contributed by atoms with Crippen molar-refractivity contribution in [3.63, 3.8) is 0 Å². The molecule has 1 amide bonds. The molecule has 1 saturated carbocycles. The highest BCUT2D eigenvalue weighted by Gasteiger charge is 2.43. The van der Waals surface area contributed by atoms with Crippen LogP contribution < -0.4 is 5.32 Å². The monoisotopic (exact) mass is 197 g/mol. The molecule has 0 aliphatic heterocycles. The molecule has 5 heteroatoms. The van der Waals surface area contributed by atoms with Gasteiger partial charge in [0, 0.05) is 6.04 Å². The molecular weight excluding hydrogens is 188 g/mol. The molecule has 70 valence electrons. The first-order valence-electron chi connectivity index (χ1n) is 3.82. The topological polar surface area (TPSA) is 29.1 Å². The van der Waals surface area contributed by atoms with Crippen LogP contribution in [0, 0.1) is 5.92 Å². The fourth-order valence-electron chi connectivity index (χ4n) is 1.13. The van der Waals surface area contributed by atoms with Crippen molar-refractivity contribution in [3.8, 4) is 0 Å². The Hall–Kier alpha value is -0.380. The third-order valence-corrected chi connectivity index (χ3v) is 2.19. The molecule has 2 atom stereocenters. The molecule has 0 saturated heterocycles. The van der Waals surface area contributed by atoms with Crippen LogP contribution in [0.2, 0.25) is 0 Å². The van der Waals surface area contributed by atoms with E-state index in [4.69, 9.17) is 0 Å². The van der Waals surface area contributed by atoms with Crippen molar-refractivity contribution in [2.75, 3.05) is 0 Å². The molecule has 0 heterocycles. The Morgan fingerprint density at radius 1 is 1.75 bits per heavy atom. The van der Waals surface area contributed by atoms with Gasteiger partial charge in [-0.15, -0.1) is 0 Å². The Morgan fingerprint density at radius 2 is 2.33 bits per heavy atom. The summed E-state index contributed by atoms with van der Waals surface area (Å²) in [7, 11) is 0. The predicted octanol–water partition coefficient (Wildman–Crippen LogP) is 1.73. The fourth-order valence-corrected chi connectivity index (χ4v) is 1.18. The first-order chi connectivity index (χ1) is 5.45. The molecule has 1 aliphatic rings. The number of alkyl halides is 3. The van der Waals surface area contributed by atoms with Crippen molar-refractivity contribution in [1.29, 1.82) is 0 Å². The minimum Gasteiger partial charge on any atom is -0.347 e. The zero-order chi connectivity index (χ0) is 9.35. The second-order valence-electron chi connectivity index (χ2n) is 2.98. The van der Waals surface area contributed by atoms with Crippen molar-refractivity contribution < 1.29 is 13.6 Å². The maximum Gasteiger partial charge on any atom is 0.399 e. The molecule has 1 fully saturated rings. The zero-order valence-electron chi connectivity index (χ0n) is 6.61. The number of hydrogen-bond donors (Lipinski definition) is 1. The Balaban J connectivity index is 2.30. The van der Waals surface area contributed by atoms with Crippen molar-refractivity contribution >= 4 is 17.5 Å². The standard InChI is InChI=1S/C7H10ClF2NO/c1-2-4-3-5(4)11-6(12)7(8,9)10/h4-5H,2-3H2,1H3,(H,11,12)/t4-,5-/m1/s1. The molecule has 0 bridgehead atoms. The van der Waals surface area contributed by atoms with Gasteiger partial charge in [0.1, 0.15) is 0 Å². The zero-order valence-corrected chi connectivity index (χ0v) is 7.37. The summed E-state index contributed by atoms with van der Waals surface area (Å²) in [5.41, 5.74) is 0. The lowest BCUT2D eigenvalue weighted by Crippen LogP contribution is -2.37. The lowest BCUT2D eigenvalue weighted by Gasteiger charge is -2.07. The summed E-state index contributed by atoms with van der Waals surface area (Å²) in [5.74, 6) is -1.03. The Labute approximate surface area is 74.3 Å². The van der Waals surface area contributed by atoms with Gasteiger partial charge in [0.2, 0.25) is 0 Å². The van der Waals surface area contributed by atoms with Crippen LogP contribution in [0.1, 0.15) is 19.8 Å². The number of rotatable bonds is 3. The van der Waals surface area contributed by atoms with Crippen molar-refractivity contribution in [2.45, 2.75) is 31.2 Å². The molecule has 0 aromatic heterocycles. The van der Waals surface area contributed by atoms with Crippen LogP contribution in [-0.2, 0) is 4.79 Å². The van der Waals surface area contributed by atoms with E-state index >= 15 is 0 Å². The summed E-state index contributed by atoms with van der Waals surface area (Å²) in [6, 6.07) is -0.0906. The highest BCUT2D eigenvalue weighted by Crippen LogP contribution is 2.34. The maximum absolute atomic E-state index is 12.1. The summed E-state index contributed by atoms with van der Waals surface area (Å²) in [4.78, 5) is 10.6. The summed E-state index contributed by atoms with van der Waals surface area (Å²) in [6.07, 6.45) is 1.69. The lowest BCUT2D eigenvalue weighted by atomic mass is 10.3. The molecule has 0 unspecified atom stereocenters. The van der Waals surface area contributed by atoms with E-state index in [1.165, 1.54) is 0 Å². The quantitative estimate of drug-likeness (QED) is 0.686. The van der Waals surface area contributed by atoms with Gasteiger partial charge in [-0.1, -0.05) is 13.3 Å². The molecule has 0 spiro atoms. The van der Waals surface area contributed by atoms with Crippen LogP contribution in [0.3, 0.4) is 0 Å². The highest BCUT2D eigenvalue weighted by atomic mass is 35.5. The summed E-state index contributed by atoms with van der Waals surface area (Å²) in [5, 5.41) is -1.59. The summed E-state index contributed by atoms with van der Waals surface area (Å²) in [6.45, 7) is 1.95. The first kappa shape index (κ1) is 9.71. The minimum atomic E-state index is -3.76. The Bertz CT molecular complexity index is 192. The van der Waals surface area contributed by atoms with Crippen LogP contribution in [0.15, 0.2) is 0 Å². The maximum atomic E-state index is 12.1. The molecule has 12 heavy (non-hydrogen) atoms. The normalized spacial score (nSPS) is 28.3. The summed E-state index contributed by atoms with van der Waals surface area (Å²) < 4.78 is 24.2. The highest BCUT2D eigenvalue weighted by molar-refractivity contribution is 6.32. The smallest absolute Gasteiger partial charge is 0.347 e. The summed E-state index contributed by atoms with van der Waals surface area (Å²) >= 11 is 4.50. The van der Waals surface area contributed by atoms with Crippen molar-refractivity contribution in [1.82, 2.24) is 5.32 Å². The van der Waals surface area contributed by atoms with E-state index in [9.17, 15) is 13.6 Å². The van der Waals surface area contributed by atoms with E-state index in [1.807, 2.05) is 6.92 Å². The van der Waals surface area contributed by atoms with Crippen LogP contribution in [0.25, 0.3) is 0 Å². The third kappa shape index (κ3) is 2.30. The van der Waals surface area contributed by atoms with Gasteiger partial charge >= 0.3 is 11.3 Å². The van der Waals surface area contributed by atoms with Gasteiger partial charge in [-0.3, -0.25) is 4.79 Å².